The van der Waals surface area contributed by atoms with Crippen molar-refractivity contribution >= 4 is 21.8 Å². The SMILES string of the molecule is CCC(CBr)NC(=O)CCC1CCCCO1. The maximum atomic E-state index is 11.6. The first kappa shape index (κ1) is 14.0. The van der Waals surface area contributed by atoms with E-state index < -0.39 is 0 Å². The molecule has 16 heavy (non-hydrogen) atoms. The van der Waals surface area contributed by atoms with E-state index in [4.69, 9.17) is 4.74 Å². The van der Waals surface area contributed by atoms with Crippen LogP contribution in [0.15, 0.2) is 0 Å². The number of nitrogens with one attached hydrogen (secondary N) is 1. The Balaban J connectivity index is 2.13. The Morgan fingerprint density at radius 2 is 2.38 bits per heavy atom. The van der Waals surface area contributed by atoms with Crippen LogP contribution in [0.25, 0.3) is 0 Å². The summed E-state index contributed by atoms with van der Waals surface area (Å²) in [5.74, 6) is 0.153. The second-order valence-corrected chi connectivity index (χ2v) is 5.00. The number of alkyl halides is 1. The zero-order valence-corrected chi connectivity index (χ0v) is 11.6. The molecule has 1 fully saturated rings. The molecule has 0 aromatic carbocycles. The Morgan fingerprint density at radius 1 is 1.56 bits per heavy atom. The molecule has 4 heteroatoms. The third-order valence-corrected chi connectivity index (χ3v) is 3.79. The predicted molar refractivity (Wildman–Crippen MR) is 68.8 cm³/mol. The summed E-state index contributed by atoms with van der Waals surface area (Å²) in [5, 5.41) is 3.84. The number of carbonyl (C=O) groups excluding carboxylic acids is 1. The van der Waals surface area contributed by atoms with Crippen LogP contribution in [0.5, 0.6) is 0 Å². The minimum absolute atomic E-state index is 0.153. The van der Waals surface area contributed by atoms with Crippen molar-refractivity contribution in [1.82, 2.24) is 5.32 Å². The summed E-state index contributed by atoms with van der Waals surface area (Å²) in [6.07, 6.45) is 6.26. The molecule has 2 unspecified atom stereocenters. The summed E-state index contributed by atoms with van der Waals surface area (Å²) < 4.78 is 5.60. The van der Waals surface area contributed by atoms with Gasteiger partial charge >= 0.3 is 0 Å². The molecule has 1 saturated heterocycles. The fourth-order valence-electron chi connectivity index (χ4n) is 1.88. The fraction of sp³-hybridized carbons (Fsp3) is 0.917. The molecule has 0 bridgehead atoms. The molecule has 0 saturated carbocycles. The maximum absolute atomic E-state index is 11.6. The molecule has 0 radical (unpaired) electrons. The summed E-state index contributed by atoms with van der Waals surface area (Å²) in [6, 6.07) is 0.264. The first-order chi connectivity index (χ1) is 7.76. The van der Waals surface area contributed by atoms with Gasteiger partial charge in [-0.25, -0.2) is 0 Å². The van der Waals surface area contributed by atoms with E-state index in [1.54, 1.807) is 0 Å². The average Bonchev–Trinajstić information content (AvgIpc) is 2.34. The van der Waals surface area contributed by atoms with Gasteiger partial charge in [-0.15, -0.1) is 0 Å². The Morgan fingerprint density at radius 3 is 2.94 bits per heavy atom. The number of ether oxygens (including phenoxy) is 1. The van der Waals surface area contributed by atoms with Crippen molar-refractivity contribution in [1.29, 1.82) is 0 Å². The van der Waals surface area contributed by atoms with Crippen molar-refractivity contribution in [2.45, 2.75) is 57.6 Å². The molecule has 3 nitrogen and oxygen atoms in total. The molecular weight excluding hydrogens is 270 g/mol. The molecule has 1 aliphatic rings. The molecule has 1 rings (SSSR count). The Kier molecular flexibility index (Phi) is 7.05. The summed E-state index contributed by atoms with van der Waals surface area (Å²) >= 11 is 3.39. The zero-order valence-electron chi connectivity index (χ0n) is 10.0. The van der Waals surface area contributed by atoms with Crippen LogP contribution in [-0.4, -0.2) is 30.0 Å². The van der Waals surface area contributed by atoms with Gasteiger partial charge in [-0.1, -0.05) is 22.9 Å². The molecule has 2 atom stereocenters. The van der Waals surface area contributed by atoms with Crippen molar-refractivity contribution in [2.24, 2.45) is 0 Å². The highest BCUT2D eigenvalue weighted by molar-refractivity contribution is 9.09. The highest BCUT2D eigenvalue weighted by Gasteiger charge is 2.16. The first-order valence-corrected chi connectivity index (χ1v) is 7.35. The lowest BCUT2D eigenvalue weighted by Gasteiger charge is -2.22. The van der Waals surface area contributed by atoms with Crippen LogP contribution in [0.2, 0.25) is 0 Å². The molecule has 0 aromatic heterocycles. The molecule has 1 heterocycles. The van der Waals surface area contributed by atoms with Gasteiger partial charge in [0.25, 0.3) is 0 Å². The second-order valence-electron chi connectivity index (χ2n) is 4.35. The number of rotatable bonds is 6. The van der Waals surface area contributed by atoms with Gasteiger partial charge in [0.1, 0.15) is 0 Å². The third-order valence-electron chi connectivity index (χ3n) is 3.01. The molecular formula is C12H22BrNO2. The number of amides is 1. The lowest BCUT2D eigenvalue weighted by atomic mass is 10.0. The average molecular weight is 292 g/mol. The minimum atomic E-state index is 0.153. The van der Waals surface area contributed by atoms with Gasteiger partial charge in [0, 0.05) is 24.4 Å². The molecule has 0 spiro atoms. The van der Waals surface area contributed by atoms with Crippen molar-refractivity contribution in [3.05, 3.63) is 0 Å². The highest BCUT2D eigenvalue weighted by atomic mass is 79.9. The van der Waals surface area contributed by atoms with E-state index in [9.17, 15) is 4.79 Å². The van der Waals surface area contributed by atoms with E-state index in [2.05, 4.69) is 28.2 Å². The third kappa shape index (κ3) is 5.30. The molecule has 1 N–H and O–H groups in total. The summed E-state index contributed by atoms with van der Waals surface area (Å²) in [5.41, 5.74) is 0. The Hall–Kier alpha value is -0.0900. The van der Waals surface area contributed by atoms with E-state index in [1.165, 1.54) is 12.8 Å². The molecule has 1 amide bonds. The van der Waals surface area contributed by atoms with Gasteiger partial charge in [-0.05, 0) is 32.1 Å². The second kappa shape index (κ2) is 8.07. The van der Waals surface area contributed by atoms with E-state index in [-0.39, 0.29) is 11.9 Å². The number of hydrogen-bond donors (Lipinski definition) is 1. The Labute approximate surface area is 106 Å². The van der Waals surface area contributed by atoms with E-state index >= 15 is 0 Å². The van der Waals surface area contributed by atoms with E-state index in [1.807, 2.05) is 0 Å². The monoisotopic (exact) mass is 291 g/mol. The van der Waals surface area contributed by atoms with Crippen LogP contribution in [0.3, 0.4) is 0 Å². The fourth-order valence-corrected chi connectivity index (χ4v) is 2.50. The standard InChI is InChI=1S/C12H22BrNO2/c1-2-10(9-13)14-12(15)7-6-11-5-3-4-8-16-11/h10-11H,2-9H2,1H3,(H,14,15). The molecule has 0 aromatic rings. The van der Waals surface area contributed by atoms with Crippen LogP contribution in [0, 0.1) is 0 Å². The van der Waals surface area contributed by atoms with E-state index in [0.717, 1.165) is 31.2 Å². The van der Waals surface area contributed by atoms with Gasteiger partial charge in [0.05, 0.1) is 6.10 Å². The largest absolute Gasteiger partial charge is 0.378 e. The topological polar surface area (TPSA) is 38.3 Å². The number of halogens is 1. The molecule has 94 valence electrons. The highest BCUT2D eigenvalue weighted by Crippen LogP contribution is 2.16. The number of carbonyl (C=O) groups is 1. The zero-order chi connectivity index (χ0) is 11.8. The van der Waals surface area contributed by atoms with Gasteiger partial charge < -0.3 is 10.1 Å². The van der Waals surface area contributed by atoms with Crippen molar-refractivity contribution in [3.63, 3.8) is 0 Å². The first-order valence-electron chi connectivity index (χ1n) is 6.23. The van der Waals surface area contributed by atoms with Gasteiger partial charge in [-0.3, -0.25) is 4.79 Å². The lowest BCUT2D eigenvalue weighted by Crippen LogP contribution is -2.36. The van der Waals surface area contributed by atoms with E-state index in [0.29, 0.717) is 12.5 Å². The van der Waals surface area contributed by atoms with Crippen LogP contribution in [0.1, 0.15) is 45.4 Å². The van der Waals surface area contributed by atoms with Crippen LogP contribution in [0.4, 0.5) is 0 Å². The van der Waals surface area contributed by atoms with Gasteiger partial charge in [0.15, 0.2) is 0 Å². The van der Waals surface area contributed by atoms with Crippen molar-refractivity contribution in [3.8, 4) is 0 Å². The van der Waals surface area contributed by atoms with Crippen LogP contribution in [-0.2, 0) is 9.53 Å². The van der Waals surface area contributed by atoms with Gasteiger partial charge in [-0.2, -0.15) is 0 Å². The smallest absolute Gasteiger partial charge is 0.220 e. The van der Waals surface area contributed by atoms with Crippen molar-refractivity contribution < 1.29 is 9.53 Å². The molecule has 1 aliphatic heterocycles. The predicted octanol–water partition coefficient (Wildman–Crippen LogP) is 2.63. The summed E-state index contributed by atoms with van der Waals surface area (Å²) in [4.78, 5) is 11.6. The number of hydrogen-bond acceptors (Lipinski definition) is 2. The maximum Gasteiger partial charge on any atom is 0.220 e. The normalized spacial score (nSPS) is 22.8. The Bertz CT molecular complexity index is 201. The summed E-state index contributed by atoms with van der Waals surface area (Å²) in [6.45, 7) is 2.95. The molecule has 0 aliphatic carbocycles. The van der Waals surface area contributed by atoms with Gasteiger partial charge in [0.2, 0.25) is 5.91 Å². The quantitative estimate of drug-likeness (QED) is 0.764. The summed E-state index contributed by atoms with van der Waals surface area (Å²) in [7, 11) is 0. The lowest BCUT2D eigenvalue weighted by molar-refractivity contribution is -0.122. The van der Waals surface area contributed by atoms with Crippen LogP contribution >= 0.6 is 15.9 Å². The van der Waals surface area contributed by atoms with Crippen LogP contribution < -0.4 is 5.32 Å². The van der Waals surface area contributed by atoms with Crippen molar-refractivity contribution in [2.75, 3.05) is 11.9 Å². The minimum Gasteiger partial charge on any atom is -0.378 e.